The molecule has 0 aliphatic carbocycles. The predicted octanol–water partition coefficient (Wildman–Crippen LogP) is -3.16. The molecule has 2 fully saturated rings. The van der Waals surface area contributed by atoms with Crippen LogP contribution in [0.4, 0.5) is 0 Å². The highest BCUT2D eigenvalue weighted by molar-refractivity contribution is 5.87. The lowest BCUT2D eigenvalue weighted by Crippen LogP contribution is -2.67. The van der Waals surface area contributed by atoms with Gasteiger partial charge in [-0.2, -0.15) is 0 Å². The first-order chi connectivity index (χ1) is 16.3. The number of nitrogens with two attached hydrogens (primary N) is 1. The van der Waals surface area contributed by atoms with Crippen molar-refractivity contribution in [2.45, 2.75) is 62.1 Å². The lowest BCUT2D eigenvalue weighted by Gasteiger charge is -2.48. The summed E-state index contributed by atoms with van der Waals surface area (Å²) in [7, 11) is 1.35. The normalized spacial score (nSPS) is 38.4. The topological polar surface area (TPSA) is 191 Å². The number of carbonyl (C=O) groups excluding carboxylic acids is 1. The molecule has 10 atom stereocenters. The van der Waals surface area contributed by atoms with Crippen LogP contribution in [0.2, 0.25) is 0 Å². The van der Waals surface area contributed by atoms with E-state index in [2.05, 4.69) is 11.9 Å². The van der Waals surface area contributed by atoms with Crippen molar-refractivity contribution in [3.8, 4) is 0 Å². The van der Waals surface area contributed by atoms with Crippen molar-refractivity contribution in [1.82, 2.24) is 5.32 Å². The first kappa shape index (κ1) is 29.0. The maximum Gasteiger partial charge on any atom is 0.243 e. The minimum atomic E-state index is -1.35. The van der Waals surface area contributed by atoms with Crippen molar-refractivity contribution in [2.24, 2.45) is 11.7 Å². The quantitative estimate of drug-likeness (QED) is 0.111. The monoisotopic (exact) mass is 494 g/mol. The Morgan fingerprint density at radius 3 is 2.21 bits per heavy atom. The summed E-state index contributed by atoms with van der Waals surface area (Å²) in [6.07, 6.45) is -6.10. The van der Waals surface area contributed by atoms with Crippen molar-refractivity contribution in [2.75, 3.05) is 46.8 Å². The zero-order valence-electron chi connectivity index (χ0n) is 19.5. The van der Waals surface area contributed by atoms with Crippen LogP contribution in [0.1, 0.15) is 6.92 Å². The molecule has 7 N–H and O–H groups in total. The number of methoxy groups -OCH3 is 1. The van der Waals surface area contributed by atoms with Gasteiger partial charge in [-0.1, -0.05) is 13.5 Å². The smallest absolute Gasteiger partial charge is 0.243 e. The maximum absolute atomic E-state index is 11.9. The van der Waals surface area contributed by atoms with Crippen molar-refractivity contribution in [3.05, 3.63) is 12.7 Å². The van der Waals surface area contributed by atoms with E-state index in [4.69, 9.17) is 44.4 Å². The fourth-order valence-electron chi connectivity index (χ4n) is 3.92. The molecule has 198 valence electrons. The molecule has 2 aliphatic rings. The summed E-state index contributed by atoms with van der Waals surface area (Å²) in [6, 6.07) is -1.99. The fourth-order valence-corrected chi connectivity index (χ4v) is 3.92. The minimum Gasteiger partial charge on any atom is -0.394 e. The van der Waals surface area contributed by atoms with Gasteiger partial charge in [-0.25, -0.2) is 0 Å². The van der Waals surface area contributed by atoms with Crippen LogP contribution in [0.15, 0.2) is 12.7 Å². The molecule has 13 heteroatoms. The number of rotatable bonds is 13. The lowest BCUT2D eigenvalue weighted by molar-refractivity contribution is -0.325. The number of nitrogens with one attached hydrogen (secondary N) is 1. The van der Waals surface area contributed by atoms with Crippen LogP contribution in [-0.2, 0) is 33.2 Å². The van der Waals surface area contributed by atoms with Gasteiger partial charge in [-0.05, 0) is 6.08 Å². The van der Waals surface area contributed by atoms with E-state index in [1.165, 1.54) is 7.11 Å². The number of hydrogen-bond acceptors (Lipinski definition) is 12. The molecule has 2 saturated heterocycles. The molecule has 0 aromatic heterocycles. The van der Waals surface area contributed by atoms with Gasteiger partial charge in [0.2, 0.25) is 5.91 Å². The number of aliphatic hydroxyl groups is 4. The third-order valence-corrected chi connectivity index (χ3v) is 5.87. The Hall–Kier alpha value is -1.23. The molecule has 34 heavy (non-hydrogen) atoms. The summed E-state index contributed by atoms with van der Waals surface area (Å²) in [5.41, 5.74) is 6.17. The number of hydrogen-bond donors (Lipinski definition) is 6. The standard InChI is InChI=1S/C21H38N2O11/c1-4-14(26)23-16-18(28)19(13(10-31-8-6-25)33-21(16)29-3)34-20-15(22)17(27)11(2)12(32-20)9-30-7-5-24/h4,11-13,15-21,24-25,27-28H,1,5-10,22H2,2-3H3,(H,23,26)/t11-,12?,13?,15?,16?,17+,18-,19-,20+,21-/m1/s1. The average molecular weight is 495 g/mol. The number of amides is 1. The van der Waals surface area contributed by atoms with E-state index in [9.17, 15) is 15.0 Å². The molecule has 4 unspecified atom stereocenters. The van der Waals surface area contributed by atoms with Gasteiger partial charge in [-0.3, -0.25) is 4.79 Å². The second kappa shape index (κ2) is 14.4. The zero-order chi connectivity index (χ0) is 25.3. The summed E-state index contributed by atoms with van der Waals surface area (Å²) < 4.78 is 33.9. The largest absolute Gasteiger partial charge is 0.394 e. The van der Waals surface area contributed by atoms with Crippen LogP contribution >= 0.6 is 0 Å². The lowest BCUT2D eigenvalue weighted by atomic mass is 9.89. The summed E-state index contributed by atoms with van der Waals surface area (Å²) in [6.45, 7) is 4.90. The Labute approximate surface area is 198 Å². The molecule has 0 radical (unpaired) electrons. The van der Waals surface area contributed by atoms with E-state index in [1.807, 2.05) is 0 Å². The fraction of sp³-hybridized carbons (Fsp3) is 0.857. The summed E-state index contributed by atoms with van der Waals surface area (Å²) >= 11 is 0. The SMILES string of the molecule is C=CC(=O)NC1[C@H](OC)OC(COCCO)[C@@H](O[C@@H]2OC(COCCO)[C@@H](C)[C@H](O)C2N)[C@@H]1O. The van der Waals surface area contributed by atoms with Gasteiger partial charge in [0.15, 0.2) is 12.6 Å². The van der Waals surface area contributed by atoms with E-state index in [0.29, 0.717) is 0 Å². The van der Waals surface area contributed by atoms with Crippen LogP contribution in [0.3, 0.4) is 0 Å². The van der Waals surface area contributed by atoms with Crippen LogP contribution < -0.4 is 11.1 Å². The highest BCUT2D eigenvalue weighted by atomic mass is 16.7. The Bertz CT molecular complexity index is 628. The molecule has 2 heterocycles. The molecular weight excluding hydrogens is 456 g/mol. The Kier molecular flexibility index (Phi) is 12.2. The van der Waals surface area contributed by atoms with Gasteiger partial charge in [0.25, 0.3) is 0 Å². The molecule has 2 aliphatic heterocycles. The highest BCUT2D eigenvalue weighted by Gasteiger charge is 2.50. The van der Waals surface area contributed by atoms with Crippen molar-refractivity contribution in [1.29, 1.82) is 0 Å². The summed E-state index contributed by atoms with van der Waals surface area (Å²) in [5, 5.41) is 42.3. The third-order valence-electron chi connectivity index (χ3n) is 5.87. The van der Waals surface area contributed by atoms with Crippen LogP contribution in [0.25, 0.3) is 0 Å². The Morgan fingerprint density at radius 2 is 1.65 bits per heavy atom. The summed E-state index contributed by atoms with van der Waals surface area (Å²) in [5.74, 6) is -0.943. The number of ether oxygens (including phenoxy) is 6. The van der Waals surface area contributed by atoms with Crippen molar-refractivity contribution in [3.63, 3.8) is 0 Å². The van der Waals surface area contributed by atoms with E-state index in [0.717, 1.165) is 6.08 Å². The minimum absolute atomic E-state index is 0.0247. The van der Waals surface area contributed by atoms with E-state index < -0.39 is 61.1 Å². The first-order valence-electron chi connectivity index (χ1n) is 11.2. The van der Waals surface area contributed by atoms with Gasteiger partial charge >= 0.3 is 0 Å². The van der Waals surface area contributed by atoms with Crippen LogP contribution in [0.5, 0.6) is 0 Å². The highest BCUT2D eigenvalue weighted by Crippen LogP contribution is 2.31. The third kappa shape index (κ3) is 7.38. The van der Waals surface area contributed by atoms with E-state index in [-0.39, 0.29) is 45.6 Å². The van der Waals surface area contributed by atoms with Gasteiger partial charge in [0, 0.05) is 13.0 Å². The van der Waals surface area contributed by atoms with Crippen molar-refractivity contribution >= 4 is 5.91 Å². The first-order valence-corrected chi connectivity index (χ1v) is 11.2. The second-order valence-electron chi connectivity index (χ2n) is 8.18. The molecule has 0 bridgehead atoms. The molecule has 0 aromatic rings. The van der Waals surface area contributed by atoms with Gasteiger partial charge in [0.05, 0.1) is 57.9 Å². The van der Waals surface area contributed by atoms with Gasteiger partial charge in [-0.15, -0.1) is 0 Å². The van der Waals surface area contributed by atoms with Crippen molar-refractivity contribution < 1.29 is 53.6 Å². The Morgan fingerprint density at radius 1 is 1.06 bits per heavy atom. The molecule has 0 saturated carbocycles. The molecular formula is C21H38N2O11. The van der Waals surface area contributed by atoms with Gasteiger partial charge in [0.1, 0.15) is 24.4 Å². The molecule has 0 spiro atoms. The van der Waals surface area contributed by atoms with Crippen LogP contribution in [-0.4, -0.2) is 128 Å². The maximum atomic E-state index is 11.9. The molecule has 1 amide bonds. The molecule has 13 nitrogen and oxygen atoms in total. The number of carbonyl (C=O) groups is 1. The van der Waals surface area contributed by atoms with Crippen LogP contribution in [0, 0.1) is 5.92 Å². The molecule has 0 aromatic carbocycles. The second-order valence-corrected chi connectivity index (χ2v) is 8.18. The predicted molar refractivity (Wildman–Crippen MR) is 116 cm³/mol. The van der Waals surface area contributed by atoms with E-state index in [1.54, 1.807) is 6.92 Å². The zero-order valence-corrected chi connectivity index (χ0v) is 19.5. The summed E-state index contributed by atoms with van der Waals surface area (Å²) in [4.78, 5) is 11.9. The molecule has 2 rings (SSSR count). The number of aliphatic hydroxyl groups excluding tert-OH is 4. The van der Waals surface area contributed by atoms with E-state index >= 15 is 0 Å². The average Bonchev–Trinajstić information content (AvgIpc) is 2.83. The van der Waals surface area contributed by atoms with Gasteiger partial charge < -0.3 is 59.9 Å². The Balaban J connectivity index is 2.22.